The van der Waals surface area contributed by atoms with E-state index in [0.717, 1.165) is 38.5 Å². The first-order chi connectivity index (χ1) is 13.1. The Morgan fingerprint density at radius 3 is 2.46 bits per heavy atom. The van der Waals surface area contributed by atoms with Crippen molar-refractivity contribution in [2.45, 2.75) is 90.4 Å². The molecular weight excluding hydrogens is 356 g/mol. The van der Waals surface area contributed by atoms with Crippen LogP contribution in [0.2, 0.25) is 0 Å². The van der Waals surface area contributed by atoms with Crippen LogP contribution in [0.5, 0.6) is 0 Å². The number of aliphatic hydroxyl groups is 3. The van der Waals surface area contributed by atoms with Crippen molar-refractivity contribution >= 4 is 5.97 Å². The zero-order valence-corrected chi connectivity index (χ0v) is 17.5. The summed E-state index contributed by atoms with van der Waals surface area (Å²) in [4.78, 5) is 11.2. The predicted molar refractivity (Wildman–Crippen MR) is 103 cm³/mol. The van der Waals surface area contributed by atoms with E-state index in [1.165, 1.54) is 0 Å². The lowest BCUT2D eigenvalue weighted by Gasteiger charge is -2.63. The van der Waals surface area contributed by atoms with Crippen molar-refractivity contribution in [2.24, 2.45) is 46.3 Å². The summed E-state index contributed by atoms with van der Waals surface area (Å²) in [7, 11) is 0. The molecule has 0 radical (unpaired) electrons. The number of carboxylic acid groups (broad SMARTS) is 1. The fourth-order valence-corrected chi connectivity index (χ4v) is 8.54. The van der Waals surface area contributed by atoms with Crippen LogP contribution in [0.25, 0.3) is 0 Å². The maximum atomic E-state index is 11.4. The number of hydrogen-bond donors (Lipinski definition) is 3. The molecule has 0 bridgehead atoms. The molecule has 5 nitrogen and oxygen atoms in total. The van der Waals surface area contributed by atoms with Gasteiger partial charge in [-0.25, -0.2) is 0 Å². The van der Waals surface area contributed by atoms with Crippen LogP contribution in [-0.4, -0.2) is 39.6 Å². The zero-order chi connectivity index (χ0) is 20.4. The summed E-state index contributed by atoms with van der Waals surface area (Å²) in [5, 5.41) is 43.9. The van der Waals surface area contributed by atoms with Gasteiger partial charge in [0.1, 0.15) is 0 Å². The third-order valence-electron chi connectivity index (χ3n) is 10.0. The lowest BCUT2D eigenvalue weighted by molar-refractivity contribution is -0.307. The predicted octanol–water partition coefficient (Wildman–Crippen LogP) is 1.72. The van der Waals surface area contributed by atoms with Gasteiger partial charge in [-0.2, -0.15) is 0 Å². The van der Waals surface area contributed by atoms with Gasteiger partial charge < -0.3 is 25.2 Å². The average molecular weight is 394 g/mol. The van der Waals surface area contributed by atoms with Gasteiger partial charge in [0.25, 0.3) is 0 Å². The first kappa shape index (κ1) is 20.6. The van der Waals surface area contributed by atoms with E-state index in [0.29, 0.717) is 12.3 Å². The highest BCUT2D eigenvalue weighted by atomic mass is 16.4. The first-order valence-corrected chi connectivity index (χ1v) is 11.3. The Morgan fingerprint density at radius 2 is 1.79 bits per heavy atom. The molecule has 4 rings (SSSR count). The minimum Gasteiger partial charge on any atom is -0.550 e. The van der Waals surface area contributed by atoms with Gasteiger partial charge in [0.05, 0.1) is 18.3 Å². The first-order valence-electron chi connectivity index (χ1n) is 11.3. The van der Waals surface area contributed by atoms with Crippen molar-refractivity contribution in [3.8, 4) is 0 Å². The Bertz CT molecular complexity index is 622. The van der Waals surface area contributed by atoms with E-state index in [4.69, 9.17) is 0 Å². The monoisotopic (exact) mass is 393 g/mol. The summed E-state index contributed by atoms with van der Waals surface area (Å²) >= 11 is 0. The number of carbonyl (C=O) groups excluding carboxylic acids is 1. The van der Waals surface area contributed by atoms with Crippen LogP contribution in [0.15, 0.2) is 0 Å². The average Bonchev–Trinajstić information content (AvgIpc) is 2.95. The summed E-state index contributed by atoms with van der Waals surface area (Å²) in [5.41, 5.74) is -0.269. The molecule has 4 fully saturated rings. The van der Waals surface area contributed by atoms with Crippen LogP contribution in [-0.2, 0) is 4.79 Å². The van der Waals surface area contributed by atoms with Crippen molar-refractivity contribution in [3.63, 3.8) is 0 Å². The van der Waals surface area contributed by atoms with Crippen molar-refractivity contribution in [3.05, 3.63) is 0 Å². The summed E-state index contributed by atoms with van der Waals surface area (Å²) in [6.45, 7) is 6.45. The van der Waals surface area contributed by atoms with Gasteiger partial charge in [-0.3, -0.25) is 0 Å². The second-order valence-electron chi connectivity index (χ2n) is 11.1. The van der Waals surface area contributed by atoms with Crippen LogP contribution in [0.1, 0.15) is 72.1 Å². The quantitative estimate of drug-likeness (QED) is 0.678. The van der Waals surface area contributed by atoms with Gasteiger partial charge >= 0.3 is 0 Å². The van der Waals surface area contributed by atoms with E-state index in [1.54, 1.807) is 0 Å². The molecule has 0 saturated heterocycles. The number of rotatable bonds is 3. The number of aliphatic hydroxyl groups excluding tert-OH is 3. The Labute approximate surface area is 168 Å². The third-order valence-corrected chi connectivity index (χ3v) is 10.0. The molecule has 0 aromatic rings. The molecule has 28 heavy (non-hydrogen) atoms. The topological polar surface area (TPSA) is 101 Å². The zero-order valence-electron chi connectivity index (χ0n) is 17.5. The number of hydrogen-bond acceptors (Lipinski definition) is 5. The minimum absolute atomic E-state index is 0.0277. The fourth-order valence-electron chi connectivity index (χ4n) is 8.54. The largest absolute Gasteiger partial charge is 0.550 e. The highest BCUT2D eigenvalue weighted by Crippen LogP contribution is 2.68. The second-order valence-corrected chi connectivity index (χ2v) is 11.1. The highest BCUT2D eigenvalue weighted by molar-refractivity contribution is 5.64. The fraction of sp³-hybridized carbons (Fsp3) is 0.957. The smallest absolute Gasteiger partial charge is 0.0602 e. The van der Waals surface area contributed by atoms with Gasteiger partial charge in [0.15, 0.2) is 0 Å². The summed E-state index contributed by atoms with van der Waals surface area (Å²) in [6, 6.07) is 0. The maximum Gasteiger partial charge on any atom is 0.0602 e. The van der Waals surface area contributed by atoms with E-state index in [-0.39, 0.29) is 59.0 Å². The van der Waals surface area contributed by atoms with Gasteiger partial charge in [0.2, 0.25) is 0 Å². The molecule has 4 aliphatic rings. The molecule has 11 atom stereocenters. The van der Waals surface area contributed by atoms with Crippen LogP contribution < -0.4 is 5.11 Å². The van der Waals surface area contributed by atoms with Crippen molar-refractivity contribution < 1.29 is 25.2 Å². The molecule has 160 valence electrons. The van der Waals surface area contributed by atoms with Crippen molar-refractivity contribution in [2.75, 3.05) is 0 Å². The number of fused-ring (bicyclic) bond motifs is 5. The van der Waals surface area contributed by atoms with Crippen LogP contribution in [0, 0.1) is 46.3 Å². The lowest BCUT2D eigenvalue weighted by Crippen LogP contribution is -2.62. The third kappa shape index (κ3) is 2.87. The molecular formula is C23H37O5-. The van der Waals surface area contributed by atoms with Crippen LogP contribution in [0.3, 0.4) is 0 Å². The Morgan fingerprint density at radius 1 is 1.07 bits per heavy atom. The molecule has 5 unspecified atom stereocenters. The molecule has 0 heterocycles. The Hall–Kier alpha value is -0.650. The standard InChI is InChI=1S/C23H38O5/c1-12(8-20(27)28)15-4-5-16-21-17(11-19(26)23(15,16)3)22(2)7-6-14(24)9-13(22)10-18(21)25/h12-19,21,24-26H,4-11H2,1-3H3,(H,27,28)/p-1/t12?,13?,14-,15-,16?,17?,18-,19+,21?,22+,23-/m1/s1. The lowest BCUT2D eigenvalue weighted by atomic mass is 9.43. The van der Waals surface area contributed by atoms with Gasteiger partial charge in [-0.15, -0.1) is 0 Å². The number of aliphatic carboxylic acids is 1. The summed E-state index contributed by atoms with van der Waals surface area (Å²) in [5.74, 6) is 0.101. The van der Waals surface area contributed by atoms with E-state index < -0.39 is 12.1 Å². The van der Waals surface area contributed by atoms with Crippen molar-refractivity contribution in [1.29, 1.82) is 0 Å². The van der Waals surface area contributed by atoms with Crippen molar-refractivity contribution in [1.82, 2.24) is 0 Å². The van der Waals surface area contributed by atoms with E-state index in [2.05, 4.69) is 13.8 Å². The van der Waals surface area contributed by atoms with E-state index in [1.807, 2.05) is 6.92 Å². The van der Waals surface area contributed by atoms with E-state index in [9.17, 15) is 25.2 Å². The summed E-state index contributed by atoms with van der Waals surface area (Å²) < 4.78 is 0. The molecule has 0 aromatic carbocycles. The molecule has 0 amide bonds. The SMILES string of the molecule is CC(CC(=O)[O-])[C@H]1CCC2C3C(C[C@H](O)[C@@]21C)[C@@]1(C)CC[C@@H](O)CC1C[C@H]3O. The Kier molecular flexibility index (Phi) is 5.12. The summed E-state index contributed by atoms with van der Waals surface area (Å²) in [6.07, 6.45) is 4.77. The van der Waals surface area contributed by atoms with Gasteiger partial charge in [-0.1, -0.05) is 20.8 Å². The minimum atomic E-state index is -1.02. The van der Waals surface area contributed by atoms with Crippen LogP contribution in [0.4, 0.5) is 0 Å². The molecule has 3 N–H and O–H groups in total. The number of carboxylic acids is 1. The molecule has 0 aliphatic heterocycles. The normalized spacial score (nSPS) is 54.4. The molecule has 0 spiro atoms. The van der Waals surface area contributed by atoms with Gasteiger partial charge in [-0.05, 0) is 97.7 Å². The second kappa shape index (κ2) is 6.95. The molecule has 4 aliphatic carbocycles. The number of carbonyl (C=O) groups is 1. The van der Waals surface area contributed by atoms with Gasteiger partial charge in [0, 0.05) is 5.97 Å². The Balaban J connectivity index is 1.65. The van der Waals surface area contributed by atoms with Crippen LogP contribution >= 0.6 is 0 Å². The molecule has 5 heteroatoms. The molecule has 4 saturated carbocycles. The highest BCUT2D eigenvalue weighted by Gasteiger charge is 2.65. The molecule has 0 aromatic heterocycles. The van der Waals surface area contributed by atoms with E-state index >= 15 is 0 Å². The maximum absolute atomic E-state index is 11.4.